The minimum absolute atomic E-state index is 0.0369. The van der Waals surface area contributed by atoms with Gasteiger partial charge < -0.3 is 19.3 Å². The molecule has 5 rings (SSSR count). The Labute approximate surface area is 205 Å². The van der Waals surface area contributed by atoms with Crippen LogP contribution in [0.25, 0.3) is 11.3 Å². The number of carbonyl (C=O) groups excluding carboxylic acids is 1. The molecule has 1 aliphatic heterocycles. The average Bonchev–Trinajstić information content (AvgIpc) is 3.29. The summed E-state index contributed by atoms with van der Waals surface area (Å²) in [5, 5.41) is 5.97. The average molecular weight is 528 g/mol. The van der Waals surface area contributed by atoms with Gasteiger partial charge in [0.05, 0.1) is 17.4 Å². The molecule has 2 aliphatic rings. The molecular weight excluding hydrogens is 510 g/mol. The molecule has 8 nitrogen and oxygen atoms in total. The smallest absolute Gasteiger partial charge is 0.294 e. The fourth-order valence-electron chi connectivity index (χ4n) is 4.04. The molecule has 1 saturated carbocycles. The summed E-state index contributed by atoms with van der Waals surface area (Å²) in [5.41, 5.74) is -0.813. The maximum atomic E-state index is 14.6. The third-order valence-electron chi connectivity index (χ3n) is 5.92. The maximum Gasteiger partial charge on any atom is 0.294 e. The van der Waals surface area contributed by atoms with E-state index >= 15 is 0 Å². The standard InChI is InChI=1S/C23H18F6N4O4/c24-11-1-2-14(25)13(5-11)18-20(19(31-10-30-18)15-3-4-22(26,27)9-35-15)32-21(34)16-6-17(33-37-16)36-12-7-23(28,29)8-12/h1-2,5-6,10,12,15H,3-4,7-9H2,(H,32,34). The lowest BCUT2D eigenvalue weighted by atomic mass is 9.91. The largest absolute Gasteiger partial charge is 0.472 e. The second kappa shape index (κ2) is 9.32. The highest BCUT2D eigenvalue weighted by Gasteiger charge is 2.47. The van der Waals surface area contributed by atoms with Gasteiger partial charge in [-0.05, 0) is 29.8 Å². The Hall–Kier alpha value is -3.68. The molecule has 1 atom stereocenters. The molecule has 37 heavy (non-hydrogen) atoms. The first kappa shape index (κ1) is 25.0. The van der Waals surface area contributed by atoms with Crippen LogP contribution in [0.2, 0.25) is 0 Å². The van der Waals surface area contributed by atoms with Crippen molar-refractivity contribution < 1.29 is 45.1 Å². The predicted octanol–water partition coefficient (Wildman–Crippen LogP) is 5.33. The Kier molecular flexibility index (Phi) is 6.30. The van der Waals surface area contributed by atoms with Crippen LogP contribution in [0.1, 0.15) is 48.0 Å². The molecule has 0 radical (unpaired) electrons. The van der Waals surface area contributed by atoms with Gasteiger partial charge in [-0.2, -0.15) is 0 Å². The Balaban J connectivity index is 1.45. The molecule has 2 aromatic heterocycles. The summed E-state index contributed by atoms with van der Waals surface area (Å²) in [4.78, 5) is 21.0. The van der Waals surface area contributed by atoms with E-state index < -0.39 is 73.2 Å². The lowest BCUT2D eigenvalue weighted by Crippen LogP contribution is -2.43. The summed E-state index contributed by atoms with van der Waals surface area (Å²) in [6.45, 7) is -0.901. The number of carbonyl (C=O) groups is 1. The lowest BCUT2D eigenvalue weighted by Gasteiger charge is -2.33. The minimum atomic E-state index is -3.05. The van der Waals surface area contributed by atoms with Crippen LogP contribution in [0.4, 0.5) is 32.0 Å². The van der Waals surface area contributed by atoms with Gasteiger partial charge in [-0.25, -0.2) is 36.3 Å². The molecule has 0 spiro atoms. The molecule has 1 aromatic carbocycles. The summed E-state index contributed by atoms with van der Waals surface area (Å²) < 4.78 is 97.4. The molecule has 0 bridgehead atoms. The zero-order chi connectivity index (χ0) is 26.4. The predicted molar refractivity (Wildman–Crippen MR) is 113 cm³/mol. The summed E-state index contributed by atoms with van der Waals surface area (Å²) in [6.07, 6.45) is -2.51. The fraction of sp³-hybridized carbons (Fsp3) is 0.391. The summed E-state index contributed by atoms with van der Waals surface area (Å²) in [5.74, 6) is -9.10. The van der Waals surface area contributed by atoms with Crippen LogP contribution >= 0.6 is 0 Å². The van der Waals surface area contributed by atoms with Crippen molar-refractivity contribution in [3.05, 3.63) is 53.7 Å². The highest BCUT2D eigenvalue weighted by Crippen LogP contribution is 2.41. The SMILES string of the molecule is O=C(Nc1c(-c2cc(F)ccc2F)ncnc1C1CCC(F)(F)CO1)c1cc(OC2CC(F)(F)C2)no1. The van der Waals surface area contributed by atoms with Crippen LogP contribution in [0.3, 0.4) is 0 Å². The van der Waals surface area contributed by atoms with E-state index in [1.165, 1.54) is 0 Å². The Bertz CT molecular complexity index is 1320. The van der Waals surface area contributed by atoms with Gasteiger partial charge in [0, 0.05) is 24.8 Å². The van der Waals surface area contributed by atoms with Crippen LogP contribution in [0.15, 0.2) is 35.1 Å². The quantitative estimate of drug-likeness (QED) is 0.432. The molecule has 1 aliphatic carbocycles. The number of aromatic nitrogens is 3. The van der Waals surface area contributed by atoms with Crippen LogP contribution in [-0.4, -0.2) is 45.6 Å². The Morgan fingerprint density at radius 3 is 2.57 bits per heavy atom. The number of amides is 1. The summed E-state index contributed by atoms with van der Waals surface area (Å²) in [6, 6.07) is 3.66. The third-order valence-corrected chi connectivity index (χ3v) is 5.92. The van der Waals surface area contributed by atoms with Crippen molar-refractivity contribution in [2.75, 3.05) is 11.9 Å². The van der Waals surface area contributed by atoms with Crippen LogP contribution in [0, 0.1) is 11.6 Å². The van der Waals surface area contributed by atoms with E-state index in [2.05, 4.69) is 20.4 Å². The van der Waals surface area contributed by atoms with Crippen molar-refractivity contribution in [1.82, 2.24) is 15.1 Å². The van der Waals surface area contributed by atoms with Gasteiger partial charge in [0.1, 0.15) is 42.5 Å². The van der Waals surface area contributed by atoms with Crippen LogP contribution in [0.5, 0.6) is 5.88 Å². The molecule has 14 heteroatoms. The van der Waals surface area contributed by atoms with Crippen molar-refractivity contribution in [2.45, 2.75) is 49.7 Å². The Morgan fingerprint density at radius 1 is 1.08 bits per heavy atom. The molecule has 3 aromatic rings. The number of hydrogen-bond acceptors (Lipinski definition) is 7. The number of rotatable bonds is 6. The molecule has 1 saturated heterocycles. The number of ether oxygens (including phenoxy) is 2. The zero-order valence-corrected chi connectivity index (χ0v) is 18.8. The number of anilines is 1. The molecule has 196 valence electrons. The number of alkyl halides is 4. The van der Waals surface area contributed by atoms with E-state index in [9.17, 15) is 31.1 Å². The first-order chi connectivity index (χ1) is 17.5. The van der Waals surface area contributed by atoms with Gasteiger partial charge in [0.15, 0.2) is 0 Å². The van der Waals surface area contributed by atoms with Crippen LogP contribution < -0.4 is 10.1 Å². The first-order valence-electron chi connectivity index (χ1n) is 11.1. The van der Waals surface area contributed by atoms with Crippen molar-refractivity contribution >= 4 is 11.6 Å². The topological polar surface area (TPSA) is 99.4 Å². The summed E-state index contributed by atoms with van der Waals surface area (Å²) >= 11 is 0. The molecule has 1 amide bonds. The van der Waals surface area contributed by atoms with E-state index in [1.54, 1.807) is 0 Å². The number of halogens is 6. The van der Waals surface area contributed by atoms with Crippen molar-refractivity contribution in [3.8, 4) is 17.1 Å². The van der Waals surface area contributed by atoms with Gasteiger partial charge in [0.25, 0.3) is 23.6 Å². The van der Waals surface area contributed by atoms with Crippen molar-refractivity contribution in [1.29, 1.82) is 0 Å². The maximum absolute atomic E-state index is 14.6. The summed E-state index contributed by atoms with van der Waals surface area (Å²) in [7, 11) is 0. The molecule has 2 fully saturated rings. The molecule has 1 N–H and O–H groups in total. The lowest BCUT2D eigenvalue weighted by molar-refractivity contribution is -0.146. The van der Waals surface area contributed by atoms with E-state index in [4.69, 9.17) is 14.0 Å². The van der Waals surface area contributed by atoms with E-state index in [0.717, 1.165) is 30.6 Å². The number of hydrogen-bond donors (Lipinski definition) is 1. The second-order valence-corrected chi connectivity index (χ2v) is 8.79. The minimum Gasteiger partial charge on any atom is -0.472 e. The van der Waals surface area contributed by atoms with Gasteiger partial charge in [0.2, 0.25) is 5.76 Å². The van der Waals surface area contributed by atoms with E-state index in [1.807, 2.05) is 0 Å². The number of nitrogens with zero attached hydrogens (tertiary/aromatic N) is 3. The number of nitrogens with one attached hydrogen (secondary N) is 1. The molecular formula is C23H18F6N4O4. The second-order valence-electron chi connectivity index (χ2n) is 8.79. The normalized spacial score (nSPS) is 20.8. The van der Waals surface area contributed by atoms with Gasteiger partial charge in [-0.3, -0.25) is 4.79 Å². The van der Waals surface area contributed by atoms with E-state index in [0.29, 0.717) is 0 Å². The molecule has 3 heterocycles. The fourth-order valence-corrected chi connectivity index (χ4v) is 4.04. The number of benzene rings is 1. The van der Waals surface area contributed by atoms with Gasteiger partial charge in [-0.15, -0.1) is 0 Å². The Morgan fingerprint density at radius 2 is 1.86 bits per heavy atom. The highest BCUT2D eigenvalue weighted by atomic mass is 19.3. The molecule has 1 unspecified atom stereocenters. The zero-order valence-electron chi connectivity index (χ0n) is 18.8. The van der Waals surface area contributed by atoms with Crippen LogP contribution in [-0.2, 0) is 4.74 Å². The monoisotopic (exact) mass is 528 g/mol. The first-order valence-corrected chi connectivity index (χ1v) is 11.1. The highest BCUT2D eigenvalue weighted by molar-refractivity contribution is 6.04. The third kappa shape index (κ3) is 5.38. The van der Waals surface area contributed by atoms with E-state index in [-0.39, 0.29) is 34.9 Å². The van der Waals surface area contributed by atoms with Gasteiger partial charge in [-0.1, -0.05) is 0 Å². The van der Waals surface area contributed by atoms with Gasteiger partial charge >= 0.3 is 0 Å². The van der Waals surface area contributed by atoms with Crippen molar-refractivity contribution in [3.63, 3.8) is 0 Å². The van der Waals surface area contributed by atoms with Crippen molar-refractivity contribution in [2.24, 2.45) is 0 Å².